The van der Waals surface area contributed by atoms with Crippen molar-refractivity contribution >= 4 is 11.7 Å². The molecular formula is C16H27N5O. The van der Waals surface area contributed by atoms with Gasteiger partial charge in [-0.05, 0) is 26.9 Å². The van der Waals surface area contributed by atoms with E-state index in [9.17, 15) is 4.79 Å². The molecule has 1 amide bonds. The lowest BCUT2D eigenvalue weighted by atomic mass is 10.1. The highest BCUT2D eigenvalue weighted by atomic mass is 16.1. The van der Waals surface area contributed by atoms with Gasteiger partial charge in [-0.25, -0.2) is 9.97 Å². The van der Waals surface area contributed by atoms with Crippen LogP contribution in [0.3, 0.4) is 0 Å². The van der Waals surface area contributed by atoms with Gasteiger partial charge in [0.15, 0.2) is 0 Å². The van der Waals surface area contributed by atoms with E-state index in [1.54, 1.807) is 6.07 Å². The van der Waals surface area contributed by atoms with Crippen LogP contribution in [-0.2, 0) is 0 Å². The molecule has 1 aromatic rings. The average molecular weight is 305 g/mol. The van der Waals surface area contributed by atoms with Crippen molar-refractivity contribution < 1.29 is 4.79 Å². The third-order valence-corrected chi connectivity index (χ3v) is 3.96. The molecule has 0 atom stereocenters. The molecule has 6 nitrogen and oxygen atoms in total. The smallest absolute Gasteiger partial charge is 0.270 e. The SMILES string of the molecule is CN(C)CCNc1cc(C(=O)NC2CCCCCC2)ncn1. The maximum atomic E-state index is 12.3. The van der Waals surface area contributed by atoms with Crippen LogP contribution >= 0.6 is 0 Å². The summed E-state index contributed by atoms with van der Waals surface area (Å²) in [6, 6.07) is 2.01. The van der Waals surface area contributed by atoms with E-state index in [0.29, 0.717) is 11.5 Å². The number of amides is 1. The number of carbonyl (C=O) groups excluding carboxylic acids is 1. The van der Waals surface area contributed by atoms with Crippen LogP contribution in [0.25, 0.3) is 0 Å². The van der Waals surface area contributed by atoms with Gasteiger partial charge in [0.2, 0.25) is 0 Å². The number of carbonyl (C=O) groups is 1. The molecule has 1 aliphatic rings. The Morgan fingerprint density at radius 1 is 1.23 bits per heavy atom. The second kappa shape index (κ2) is 8.68. The predicted molar refractivity (Wildman–Crippen MR) is 88.0 cm³/mol. The number of nitrogens with one attached hydrogen (secondary N) is 2. The minimum Gasteiger partial charge on any atom is -0.369 e. The van der Waals surface area contributed by atoms with Crippen molar-refractivity contribution in [2.45, 2.75) is 44.6 Å². The lowest BCUT2D eigenvalue weighted by molar-refractivity contribution is 0.0928. The number of nitrogens with zero attached hydrogens (tertiary/aromatic N) is 3. The van der Waals surface area contributed by atoms with E-state index in [1.807, 2.05) is 14.1 Å². The first-order valence-electron chi connectivity index (χ1n) is 8.16. The first kappa shape index (κ1) is 16.7. The quantitative estimate of drug-likeness (QED) is 0.786. The minimum absolute atomic E-state index is 0.0926. The first-order valence-corrected chi connectivity index (χ1v) is 8.16. The summed E-state index contributed by atoms with van der Waals surface area (Å²) < 4.78 is 0. The van der Waals surface area contributed by atoms with E-state index in [0.717, 1.165) is 25.9 Å². The van der Waals surface area contributed by atoms with Gasteiger partial charge in [0.05, 0.1) is 0 Å². The molecule has 122 valence electrons. The molecule has 0 aromatic carbocycles. The van der Waals surface area contributed by atoms with E-state index in [-0.39, 0.29) is 11.9 Å². The van der Waals surface area contributed by atoms with Gasteiger partial charge in [-0.3, -0.25) is 4.79 Å². The summed E-state index contributed by atoms with van der Waals surface area (Å²) in [5.41, 5.74) is 0.437. The van der Waals surface area contributed by atoms with Gasteiger partial charge in [0.25, 0.3) is 5.91 Å². The first-order chi connectivity index (χ1) is 10.6. The van der Waals surface area contributed by atoms with Crippen LogP contribution in [0.4, 0.5) is 5.82 Å². The second-order valence-corrected chi connectivity index (χ2v) is 6.18. The summed E-state index contributed by atoms with van der Waals surface area (Å²) in [5.74, 6) is 0.604. The van der Waals surface area contributed by atoms with Gasteiger partial charge in [-0.15, -0.1) is 0 Å². The molecule has 1 fully saturated rings. The summed E-state index contributed by atoms with van der Waals surface area (Å²) in [4.78, 5) is 22.7. The van der Waals surface area contributed by atoms with Crippen LogP contribution in [0, 0.1) is 0 Å². The number of hydrogen-bond donors (Lipinski definition) is 2. The van der Waals surface area contributed by atoms with Crippen molar-refractivity contribution in [2.24, 2.45) is 0 Å². The average Bonchev–Trinajstić information content (AvgIpc) is 2.76. The Balaban J connectivity index is 1.88. The Labute approximate surface area is 132 Å². The van der Waals surface area contributed by atoms with E-state index >= 15 is 0 Å². The van der Waals surface area contributed by atoms with Gasteiger partial charge in [0, 0.05) is 25.2 Å². The van der Waals surface area contributed by atoms with Gasteiger partial charge in [-0.2, -0.15) is 0 Å². The lowest BCUT2D eigenvalue weighted by Crippen LogP contribution is -2.35. The van der Waals surface area contributed by atoms with E-state index < -0.39 is 0 Å². The Hall–Kier alpha value is -1.69. The van der Waals surface area contributed by atoms with Crippen molar-refractivity contribution in [3.05, 3.63) is 18.1 Å². The summed E-state index contributed by atoms with van der Waals surface area (Å²) in [6.45, 7) is 1.70. The van der Waals surface area contributed by atoms with Crippen molar-refractivity contribution in [1.29, 1.82) is 0 Å². The highest BCUT2D eigenvalue weighted by Gasteiger charge is 2.16. The molecule has 0 bridgehead atoms. The predicted octanol–water partition coefficient (Wildman–Crippen LogP) is 1.90. The van der Waals surface area contributed by atoms with Crippen molar-refractivity contribution in [3.8, 4) is 0 Å². The van der Waals surface area contributed by atoms with Crippen LogP contribution in [-0.4, -0.2) is 54.0 Å². The Kier molecular flexibility index (Phi) is 6.58. The topological polar surface area (TPSA) is 70.2 Å². The Morgan fingerprint density at radius 2 is 1.95 bits per heavy atom. The Morgan fingerprint density at radius 3 is 2.64 bits per heavy atom. The molecule has 22 heavy (non-hydrogen) atoms. The van der Waals surface area contributed by atoms with Gasteiger partial charge >= 0.3 is 0 Å². The molecule has 0 radical (unpaired) electrons. The summed E-state index contributed by atoms with van der Waals surface area (Å²) >= 11 is 0. The molecule has 0 aliphatic heterocycles. The minimum atomic E-state index is -0.0926. The molecule has 2 rings (SSSR count). The third-order valence-electron chi connectivity index (χ3n) is 3.96. The van der Waals surface area contributed by atoms with Crippen LogP contribution in [0.5, 0.6) is 0 Å². The second-order valence-electron chi connectivity index (χ2n) is 6.18. The molecule has 1 aromatic heterocycles. The summed E-state index contributed by atoms with van der Waals surface area (Å²) in [5, 5.41) is 6.32. The number of aromatic nitrogens is 2. The fraction of sp³-hybridized carbons (Fsp3) is 0.688. The molecule has 1 heterocycles. The number of anilines is 1. The fourth-order valence-electron chi connectivity index (χ4n) is 2.67. The zero-order valence-corrected chi connectivity index (χ0v) is 13.6. The van der Waals surface area contributed by atoms with Gasteiger partial charge in [-0.1, -0.05) is 25.7 Å². The Bertz CT molecular complexity index is 469. The highest BCUT2D eigenvalue weighted by Crippen LogP contribution is 2.17. The van der Waals surface area contributed by atoms with Crippen LogP contribution in [0.15, 0.2) is 12.4 Å². The monoisotopic (exact) mass is 305 g/mol. The number of rotatable bonds is 6. The van der Waals surface area contributed by atoms with Crippen molar-refractivity contribution in [3.63, 3.8) is 0 Å². The number of hydrogen-bond acceptors (Lipinski definition) is 5. The maximum Gasteiger partial charge on any atom is 0.270 e. The molecule has 1 aliphatic carbocycles. The molecule has 0 spiro atoms. The largest absolute Gasteiger partial charge is 0.369 e. The normalized spacial score (nSPS) is 16.3. The van der Waals surface area contributed by atoms with Crippen molar-refractivity contribution in [1.82, 2.24) is 20.2 Å². The van der Waals surface area contributed by atoms with Gasteiger partial charge in [0.1, 0.15) is 17.8 Å². The molecule has 0 unspecified atom stereocenters. The van der Waals surface area contributed by atoms with Crippen LogP contribution in [0.2, 0.25) is 0 Å². The standard InChI is InChI=1S/C16H27N5O/c1-21(2)10-9-17-15-11-14(18-12-19-15)16(22)20-13-7-5-3-4-6-8-13/h11-13H,3-10H2,1-2H3,(H,20,22)(H,17,18,19). The maximum absolute atomic E-state index is 12.3. The van der Waals surface area contributed by atoms with E-state index in [1.165, 1.54) is 32.0 Å². The third kappa shape index (κ3) is 5.60. The molecule has 2 N–H and O–H groups in total. The molecule has 1 saturated carbocycles. The van der Waals surface area contributed by atoms with Crippen LogP contribution < -0.4 is 10.6 Å². The lowest BCUT2D eigenvalue weighted by Gasteiger charge is -2.16. The molecular weight excluding hydrogens is 278 g/mol. The van der Waals surface area contributed by atoms with Gasteiger partial charge < -0.3 is 15.5 Å². The van der Waals surface area contributed by atoms with E-state index in [4.69, 9.17) is 0 Å². The summed E-state index contributed by atoms with van der Waals surface area (Å²) in [7, 11) is 4.04. The molecule has 0 saturated heterocycles. The van der Waals surface area contributed by atoms with Crippen molar-refractivity contribution in [2.75, 3.05) is 32.5 Å². The molecule has 6 heteroatoms. The van der Waals surface area contributed by atoms with E-state index in [2.05, 4.69) is 25.5 Å². The highest BCUT2D eigenvalue weighted by molar-refractivity contribution is 5.93. The summed E-state index contributed by atoms with van der Waals surface area (Å²) in [6.07, 6.45) is 8.55. The fourth-order valence-corrected chi connectivity index (χ4v) is 2.67. The zero-order valence-electron chi connectivity index (χ0n) is 13.6. The number of likely N-dealkylation sites (N-methyl/N-ethyl adjacent to an activating group) is 1. The zero-order chi connectivity index (χ0) is 15.8. The van der Waals surface area contributed by atoms with Crippen LogP contribution in [0.1, 0.15) is 49.0 Å².